The number of unbranched alkanes of at least 4 members (excludes halogenated alkanes) is 3. The summed E-state index contributed by atoms with van der Waals surface area (Å²) in [5.41, 5.74) is 1.42. The minimum Gasteiger partial charge on any atom is -0.478 e. The Balaban J connectivity index is 1.64. The first-order valence-electron chi connectivity index (χ1n) is 8.22. The second-order valence-electron chi connectivity index (χ2n) is 5.64. The summed E-state index contributed by atoms with van der Waals surface area (Å²) in [6.45, 7) is 0.318. The zero-order chi connectivity index (χ0) is 17.2. The molecule has 0 fully saturated rings. The van der Waals surface area contributed by atoms with E-state index < -0.39 is 11.9 Å². The van der Waals surface area contributed by atoms with Gasteiger partial charge in [-0.1, -0.05) is 55.3 Å². The van der Waals surface area contributed by atoms with Gasteiger partial charge in [-0.15, -0.1) is 0 Å². The monoisotopic (exact) mass is 326 g/mol. The van der Waals surface area contributed by atoms with Gasteiger partial charge in [-0.05, 0) is 37.0 Å². The van der Waals surface area contributed by atoms with E-state index in [-0.39, 0.29) is 11.1 Å². The van der Waals surface area contributed by atoms with E-state index >= 15 is 0 Å². The van der Waals surface area contributed by atoms with Crippen LogP contribution in [0.4, 0.5) is 0 Å². The Kier molecular flexibility index (Phi) is 7.02. The lowest BCUT2D eigenvalue weighted by Gasteiger charge is -2.07. The van der Waals surface area contributed by atoms with E-state index in [1.54, 1.807) is 12.1 Å². The molecule has 0 aliphatic heterocycles. The molecular formula is C20H22O4. The van der Waals surface area contributed by atoms with Crippen LogP contribution in [0.1, 0.15) is 52.0 Å². The van der Waals surface area contributed by atoms with Crippen LogP contribution in [0.15, 0.2) is 54.6 Å². The van der Waals surface area contributed by atoms with Crippen molar-refractivity contribution in [2.75, 3.05) is 6.61 Å². The lowest BCUT2D eigenvalue weighted by atomic mass is 10.1. The van der Waals surface area contributed by atoms with E-state index in [0.717, 1.165) is 32.1 Å². The Morgan fingerprint density at radius 2 is 1.42 bits per heavy atom. The molecule has 1 N–H and O–H groups in total. The number of hydrogen-bond donors (Lipinski definition) is 1. The van der Waals surface area contributed by atoms with Gasteiger partial charge >= 0.3 is 11.9 Å². The third-order valence-corrected chi connectivity index (χ3v) is 3.81. The molecule has 0 saturated carbocycles. The molecule has 0 bridgehead atoms. The largest absolute Gasteiger partial charge is 0.478 e. The molecule has 0 aliphatic carbocycles. The van der Waals surface area contributed by atoms with Crippen molar-refractivity contribution in [1.82, 2.24) is 0 Å². The standard InChI is InChI=1S/C20H22O4/c21-19(22)17-13-7-8-14-18(17)20(23)24-15-9-2-1-4-10-16-11-5-3-6-12-16/h3,5-8,11-14H,1-2,4,9-10,15H2,(H,21,22). The molecule has 0 atom stereocenters. The van der Waals surface area contributed by atoms with Crippen LogP contribution in [0.2, 0.25) is 0 Å². The van der Waals surface area contributed by atoms with Crippen molar-refractivity contribution in [3.8, 4) is 0 Å². The number of hydrogen-bond acceptors (Lipinski definition) is 3. The Labute approximate surface area is 142 Å². The maximum absolute atomic E-state index is 12.0. The van der Waals surface area contributed by atoms with Gasteiger partial charge in [0, 0.05) is 0 Å². The fourth-order valence-corrected chi connectivity index (χ4v) is 2.52. The normalized spacial score (nSPS) is 10.3. The van der Waals surface area contributed by atoms with Gasteiger partial charge in [-0.3, -0.25) is 0 Å². The third kappa shape index (κ3) is 5.54. The van der Waals surface area contributed by atoms with Gasteiger partial charge in [-0.25, -0.2) is 9.59 Å². The van der Waals surface area contributed by atoms with Crippen LogP contribution in [0.5, 0.6) is 0 Å². The Morgan fingerprint density at radius 1 is 0.792 bits per heavy atom. The van der Waals surface area contributed by atoms with Gasteiger partial charge in [0.25, 0.3) is 0 Å². The third-order valence-electron chi connectivity index (χ3n) is 3.81. The average Bonchev–Trinajstić information content (AvgIpc) is 2.61. The zero-order valence-corrected chi connectivity index (χ0v) is 13.6. The molecule has 0 aromatic heterocycles. The van der Waals surface area contributed by atoms with Gasteiger partial charge < -0.3 is 9.84 Å². The highest BCUT2D eigenvalue weighted by Crippen LogP contribution is 2.12. The quantitative estimate of drug-likeness (QED) is 0.550. The molecule has 0 unspecified atom stereocenters. The Morgan fingerprint density at radius 3 is 2.12 bits per heavy atom. The summed E-state index contributed by atoms with van der Waals surface area (Å²) < 4.78 is 5.18. The topological polar surface area (TPSA) is 63.6 Å². The van der Waals surface area contributed by atoms with E-state index in [4.69, 9.17) is 9.84 Å². The number of aryl methyl sites for hydroxylation is 1. The molecule has 2 rings (SSSR count). The van der Waals surface area contributed by atoms with E-state index in [1.165, 1.54) is 17.7 Å². The summed E-state index contributed by atoms with van der Waals surface area (Å²) in [7, 11) is 0. The Bertz CT molecular complexity index is 664. The highest BCUT2D eigenvalue weighted by Gasteiger charge is 2.16. The molecule has 24 heavy (non-hydrogen) atoms. The molecule has 0 saturated heterocycles. The maximum Gasteiger partial charge on any atom is 0.339 e. The molecule has 126 valence electrons. The second kappa shape index (κ2) is 9.50. The van der Waals surface area contributed by atoms with Gasteiger partial charge in [0.05, 0.1) is 17.7 Å². The van der Waals surface area contributed by atoms with Crippen molar-refractivity contribution < 1.29 is 19.4 Å². The number of carbonyl (C=O) groups is 2. The number of aromatic carboxylic acids is 1. The molecular weight excluding hydrogens is 304 g/mol. The Hall–Kier alpha value is -2.62. The number of carboxylic acid groups (broad SMARTS) is 1. The lowest BCUT2D eigenvalue weighted by Crippen LogP contribution is -2.12. The number of carboxylic acids is 1. The van der Waals surface area contributed by atoms with Crippen LogP contribution in [-0.2, 0) is 11.2 Å². The lowest BCUT2D eigenvalue weighted by molar-refractivity contribution is 0.0487. The summed E-state index contributed by atoms with van der Waals surface area (Å²) in [6, 6.07) is 16.5. The van der Waals surface area contributed by atoms with Crippen molar-refractivity contribution in [2.24, 2.45) is 0 Å². The highest BCUT2D eigenvalue weighted by molar-refractivity contribution is 6.02. The summed E-state index contributed by atoms with van der Waals surface area (Å²) in [5.74, 6) is -1.69. The van der Waals surface area contributed by atoms with Gasteiger partial charge in [-0.2, -0.15) is 0 Å². The number of ether oxygens (including phenoxy) is 1. The number of rotatable bonds is 9. The molecule has 2 aromatic rings. The van der Waals surface area contributed by atoms with Crippen LogP contribution in [-0.4, -0.2) is 23.7 Å². The first-order chi connectivity index (χ1) is 11.7. The molecule has 0 radical (unpaired) electrons. The molecule has 4 heteroatoms. The van der Waals surface area contributed by atoms with E-state index in [1.807, 2.05) is 18.2 Å². The fraction of sp³-hybridized carbons (Fsp3) is 0.300. The van der Waals surface area contributed by atoms with Crippen molar-refractivity contribution >= 4 is 11.9 Å². The smallest absolute Gasteiger partial charge is 0.339 e. The van der Waals surface area contributed by atoms with Crippen molar-refractivity contribution in [1.29, 1.82) is 0 Å². The molecule has 0 spiro atoms. The van der Waals surface area contributed by atoms with E-state index in [0.29, 0.717) is 6.61 Å². The molecule has 0 heterocycles. The summed E-state index contributed by atoms with van der Waals surface area (Å²) >= 11 is 0. The molecule has 0 aliphatic rings. The average molecular weight is 326 g/mol. The number of esters is 1. The number of carbonyl (C=O) groups excluding carboxylic acids is 1. The second-order valence-corrected chi connectivity index (χ2v) is 5.64. The van der Waals surface area contributed by atoms with Crippen LogP contribution in [0, 0.1) is 0 Å². The molecule has 0 amide bonds. The van der Waals surface area contributed by atoms with Crippen molar-refractivity contribution in [3.63, 3.8) is 0 Å². The maximum atomic E-state index is 12.0. The number of benzene rings is 2. The van der Waals surface area contributed by atoms with Gasteiger partial charge in [0.1, 0.15) is 0 Å². The molecule has 4 nitrogen and oxygen atoms in total. The van der Waals surface area contributed by atoms with Crippen LogP contribution < -0.4 is 0 Å². The van der Waals surface area contributed by atoms with Crippen LogP contribution in [0.25, 0.3) is 0 Å². The van der Waals surface area contributed by atoms with Gasteiger partial charge in [0.15, 0.2) is 0 Å². The SMILES string of the molecule is O=C(O)c1ccccc1C(=O)OCCCCCCc1ccccc1. The van der Waals surface area contributed by atoms with Crippen molar-refractivity contribution in [2.45, 2.75) is 32.1 Å². The van der Waals surface area contributed by atoms with E-state index in [2.05, 4.69) is 12.1 Å². The van der Waals surface area contributed by atoms with Crippen molar-refractivity contribution in [3.05, 3.63) is 71.3 Å². The fourth-order valence-electron chi connectivity index (χ4n) is 2.52. The summed E-state index contributed by atoms with van der Waals surface area (Å²) in [6.07, 6.45) is 5.03. The van der Waals surface area contributed by atoms with E-state index in [9.17, 15) is 9.59 Å². The van der Waals surface area contributed by atoms with Gasteiger partial charge in [0.2, 0.25) is 0 Å². The minimum absolute atomic E-state index is 0.0228. The first-order valence-corrected chi connectivity index (χ1v) is 8.22. The minimum atomic E-state index is -1.12. The predicted molar refractivity (Wildman–Crippen MR) is 92.3 cm³/mol. The van der Waals surface area contributed by atoms with Crippen LogP contribution >= 0.6 is 0 Å². The predicted octanol–water partition coefficient (Wildman–Crippen LogP) is 4.34. The zero-order valence-electron chi connectivity index (χ0n) is 13.6. The highest BCUT2D eigenvalue weighted by atomic mass is 16.5. The summed E-state index contributed by atoms with van der Waals surface area (Å²) in [4.78, 5) is 23.0. The summed E-state index contributed by atoms with van der Waals surface area (Å²) in [5, 5.41) is 9.07. The van der Waals surface area contributed by atoms with Crippen LogP contribution in [0.3, 0.4) is 0 Å². The first kappa shape index (κ1) is 17.7. The molecule has 2 aromatic carbocycles.